The predicted molar refractivity (Wildman–Crippen MR) is 188 cm³/mol. The molecule has 2 heterocycles. The molecule has 0 bridgehead atoms. The Morgan fingerprint density at radius 3 is 1.48 bits per heavy atom. The quantitative estimate of drug-likeness (QED) is 0.193. The zero-order chi connectivity index (χ0) is 30.4. The Morgan fingerprint density at radius 2 is 1.00 bits per heavy atom. The van der Waals surface area contributed by atoms with Gasteiger partial charge in [-0.15, -0.1) is 0 Å². The van der Waals surface area contributed by atoms with Gasteiger partial charge in [-0.05, 0) is 103 Å². The lowest BCUT2D eigenvalue weighted by atomic mass is 9.65. The van der Waals surface area contributed by atoms with E-state index in [2.05, 4.69) is 104 Å². The Labute approximate surface area is 279 Å². The summed E-state index contributed by atoms with van der Waals surface area (Å²) in [5.41, 5.74) is 8.10. The Bertz CT molecular complexity index is 1550. The maximum absolute atomic E-state index is 6.10. The first-order valence-electron chi connectivity index (χ1n) is 15.6. The normalized spacial score (nSPS) is 17.3. The van der Waals surface area contributed by atoms with Gasteiger partial charge in [0.1, 0.15) is 0 Å². The molecule has 0 radical (unpaired) electrons. The summed E-state index contributed by atoms with van der Waals surface area (Å²) in [6.45, 7) is 2.07. The highest BCUT2D eigenvalue weighted by Gasteiger charge is 2.36. The molecule has 0 spiro atoms. The van der Waals surface area contributed by atoms with Crippen molar-refractivity contribution in [1.29, 1.82) is 0 Å². The summed E-state index contributed by atoms with van der Waals surface area (Å²) in [5, 5.41) is 12.0. The zero-order valence-corrected chi connectivity index (χ0v) is 27.9. The third kappa shape index (κ3) is 6.70. The summed E-state index contributed by atoms with van der Waals surface area (Å²) in [5.74, 6) is 0. The van der Waals surface area contributed by atoms with Gasteiger partial charge in [-0.2, -0.15) is 5.10 Å². The van der Waals surface area contributed by atoms with Crippen molar-refractivity contribution >= 4 is 39.1 Å². The fourth-order valence-electron chi connectivity index (χ4n) is 7.19. The molecule has 2 aliphatic rings. The third-order valence-electron chi connectivity index (χ3n) is 9.62. The van der Waals surface area contributed by atoms with Crippen LogP contribution in [-0.4, -0.2) is 23.3 Å². The number of H-pyrrole nitrogens is 1. The van der Waals surface area contributed by atoms with Crippen LogP contribution in [0.3, 0.4) is 0 Å². The average molecular weight is 688 g/mol. The summed E-state index contributed by atoms with van der Waals surface area (Å²) >= 11 is 15.7. The highest BCUT2D eigenvalue weighted by Crippen LogP contribution is 2.45. The Morgan fingerprint density at radius 1 is 0.545 bits per heavy atom. The third-order valence-corrected chi connectivity index (χ3v) is 10.7. The van der Waals surface area contributed by atoms with Gasteiger partial charge < -0.3 is 5.32 Å². The van der Waals surface area contributed by atoms with Crippen LogP contribution in [0, 0.1) is 0 Å². The van der Waals surface area contributed by atoms with Gasteiger partial charge in [-0.1, -0.05) is 119 Å². The Balaban J connectivity index is 0.000000159. The number of halogens is 3. The van der Waals surface area contributed by atoms with E-state index in [1.54, 1.807) is 0 Å². The Hall–Kier alpha value is -2.89. The number of aromatic nitrogens is 2. The molecule has 0 atom stereocenters. The number of hydrogen-bond donors (Lipinski definition) is 2. The van der Waals surface area contributed by atoms with Crippen LogP contribution in [0.1, 0.15) is 67.2 Å². The van der Waals surface area contributed by atoms with Gasteiger partial charge in [-0.3, -0.25) is 5.10 Å². The van der Waals surface area contributed by atoms with Crippen molar-refractivity contribution in [1.82, 2.24) is 15.5 Å². The monoisotopic (exact) mass is 685 g/mol. The van der Waals surface area contributed by atoms with E-state index in [0.29, 0.717) is 0 Å². The summed E-state index contributed by atoms with van der Waals surface area (Å²) in [6.07, 6.45) is 12.4. The van der Waals surface area contributed by atoms with Crippen molar-refractivity contribution in [3.8, 4) is 11.1 Å². The van der Waals surface area contributed by atoms with Crippen LogP contribution < -0.4 is 5.32 Å². The SMILES string of the molecule is Clc1ccc(C2(c3ccc(-c4cn[nH]c4)cc3)CCNCC2)cc1.Clc1ccc(C2(c3ccc(Br)cc3)CCCCC2)cc1. The molecule has 7 rings (SSSR count). The van der Waals surface area contributed by atoms with E-state index >= 15 is 0 Å². The van der Waals surface area contributed by atoms with Crippen LogP contribution >= 0.6 is 39.1 Å². The van der Waals surface area contributed by atoms with E-state index in [-0.39, 0.29) is 10.8 Å². The van der Waals surface area contributed by atoms with Crippen LogP contribution in [0.2, 0.25) is 10.0 Å². The molecule has 3 nitrogen and oxygen atoms in total. The molecule has 1 aromatic heterocycles. The molecule has 2 fully saturated rings. The fourth-order valence-corrected chi connectivity index (χ4v) is 7.71. The highest BCUT2D eigenvalue weighted by molar-refractivity contribution is 9.10. The minimum absolute atomic E-state index is 0.0603. The number of benzene rings is 4. The van der Waals surface area contributed by atoms with E-state index in [1.165, 1.54) is 59.9 Å². The van der Waals surface area contributed by atoms with Gasteiger partial charge in [0.25, 0.3) is 0 Å². The lowest BCUT2D eigenvalue weighted by Gasteiger charge is -2.39. The minimum Gasteiger partial charge on any atom is -0.317 e. The lowest BCUT2D eigenvalue weighted by Crippen LogP contribution is -2.40. The van der Waals surface area contributed by atoms with Crippen molar-refractivity contribution in [2.24, 2.45) is 0 Å². The van der Waals surface area contributed by atoms with Gasteiger partial charge in [-0.25, -0.2) is 0 Å². The molecule has 226 valence electrons. The van der Waals surface area contributed by atoms with Gasteiger partial charge >= 0.3 is 0 Å². The van der Waals surface area contributed by atoms with Crippen molar-refractivity contribution in [3.05, 3.63) is 146 Å². The van der Waals surface area contributed by atoms with Gasteiger partial charge in [0, 0.05) is 37.1 Å². The molecule has 44 heavy (non-hydrogen) atoms. The molecular weight excluding hydrogens is 649 g/mol. The van der Waals surface area contributed by atoms with Gasteiger partial charge in [0.15, 0.2) is 0 Å². The Kier molecular flexibility index (Phi) is 9.92. The molecule has 0 unspecified atom stereocenters. The molecule has 1 aliphatic carbocycles. The summed E-state index contributed by atoms with van der Waals surface area (Å²) in [4.78, 5) is 0. The van der Waals surface area contributed by atoms with E-state index in [1.807, 2.05) is 36.7 Å². The predicted octanol–water partition coefficient (Wildman–Crippen LogP) is 10.8. The second-order valence-corrected chi connectivity index (χ2v) is 13.8. The van der Waals surface area contributed by atoms with Crippen molar-refractivity contribution in [2.75, 3.05) is 13.1 Å². The second-order valence-electron chi connectivity index (χ2n) is 12.1. The van der Waals surface area contributed by atoms with Crippen LogP contribution in [0.5, 0.6) is 0 Å². The maximum atomic E-state index is 6.10. The molecule has 1 saturated heterocycles. The van der Waals surface area contributed by atoms with E-state index in [4.69, 9.17) is 23.2 Å². The summed E-state index contributed by atoms with van der Waals surface area (Å²) < 4.78 is 1.14. The summed E-state index contributed by atoms with van der Waals surface area (Å²) in [7, 11) is 0. The fraction of sp³-hybridized carbons (Fsp3) is 0.289. The molecule has 1 saturated carbocycles. The number of nitrogens with one attached hydrogen (secondary N) is 2. The standard InChI is InChI=1S/C20H20ClN3.C18H18BrCl/c21-19-7-5-18(6-8-19)20(9-11-22-12-10-20)17-3-1-15(2-4-17)16-13-23-24-14-16;19-16-8-4-14(5-9-16)18(12-2-1-3-13-18)15-6-10-17(20)11-7-15/h1-8,13-14,22H,9-12H2,(H,23,24);4-11H,1-3,12-13H2. The number of hydrogen-bond acceptors (Lipinski definition) is 2. The second kappa shape index (κ2) is 14.0. The largest absolute Gasteiger partial charge is 0.317 e. The summed E-state index contributed by atoms with van der Waals surface area (Å²) in [6, 6.07) is 34.6. The number of nitrogens with zero attached hydrogens (tertiary/aromatic N) is 1. The van der Waals surface area contributed by atoms with E-state index in [0.717, 1.165) is 46.0 Å². The van der Waals surface area contributed by atoms with Crippen LogP contribution in [-0.2, 0) is 10.8 Å². The average Bonchev–Trinajstić information content (AvgIpc) is 3.62. The molecule has 5 aromatic rings. The maximum Gasteiger partial charge on any atom is 0.0565 e. The van der Waals surface area contributed by atoms with Crippen molar-refractivity contribution < 1.29 is 0 Å². The lowest BCUT2D eigenvalue weighted by molar-refractivity contribution is 0.346. The molecule has 1 aliphatic heterocycles. The van der Waals surface area contributed by atoms with Gasteiger partial charge in [0.2, 0.25) is 0 Å². The molecule has 4 aromatic carbocycles. The first kappa shape index (κ1) is 31.1. The number of aromatic amines is 1. The number of rotatable bonds is 5. The smallest absolute Gasteiger partial charge is 0.0565 e. The first-order valence-corrected chi connectivity index (χ1v) is 17.1. The molecule has 6 heteroatoms. The van der Waals surface area contributed by atoms with Crippen molar-refractivity contribution in [3.63, 3.8) is 0 Å². The van der Waals surface area contributed by atoms with Crippen LogP contribution in [0.4, 0.5) is 0 Å². The zero-order valence-electron chi connectivity index (χ0n) is 24.8. The number of piperidine rings is 1. The minimum atomic E-state index is 0.0603. The van der Waals surface area contributed by atoms with E-state index in [9.17, 15) is 0 Å². The van der Waals surface area contributed by atoms with Crippen molar-refractivity contribution in [2.45, 2.75) is 55.8 Å². The topological polar surface area (TPSA) is 40.7 Å². The first-order chi connectivity index (χ1) is 21.5. The van der Waals surface area contributed by atoms with Gasteiger partial charge in [0.05, 0.1) is 6.20 Å². The molecule has 0 amide bonds. The van der Waals surface area contributed by atoms with Crippen LogP contribution in [0.15, 0.2) is 114 Å². The molecule has 2 N–H and O–H groups in total. The van der Waals surface area contributed by atoms with Crippen LogP contribution in [0.25, 0.3) is 11.1 Å². The molecular formula is C38H38BrCl2N3. The van der Waals surface area contributed by atoms with E-state index < -0.39 is 0 Å². The highest BCUT2D eigenvalue weighted by atomic mass is 79.9.